The van der Waals surface area contributed by atoms with Crippen LogP contribution in [-0.2, 0) is 9.13 Å². The number of hydrogen-bond acceptors (Lipinski definition) is 2. The molecule has 0 fully saturated rings. The fourth-order valence-corrected chi connectivity index (χ4v) is 14.6. The molecule has 0 spiro atoms. The molecule has 0 amide bonds. The molecule has 10 rings (SSSR count). The smallest absolute Gasteiger partial charge is 0.171 e. The molecule has 8 aromatic carbocycles. The van der Waals surface area contributed by atoms with Gasteiger partial charge < -0.3 is 13.7 Å². The molecular formula is C50H37NO2P2. The highest BCUT2D eigenvalue weighted by Gasteiger charge is 2.38. The molecule has 2 atom stereocenters. The Morgan fingerprint density at radius 2 is 0.945 bits per heavy atom. The van der Waals surface area contributed by atoms with Crippen molar-refractivity contribution in [1.82, 2.24) is 4.57 Å². The van der Waals surface area contributed by atoms with Crippen LogP contribution in [0, 0.1) is 0 Å². The van der Waals surface area contributed by atoms with E-state index in [1.54, 1.807) is 0 Å². The Hall–Kier alpha value is -5.98. The second-order valence-electron chi connectivity index (χ2n) is 14.3. The standard InChI is InChI=1S/C50H37NO2P2/c52-54(39-19-5-1-6-20-39,40-21-7-2-8-22-40)43-33-38(34-44(35-43)55(53,41-23-9-3-10-24-41)42-25-11-4-12-26-42)51-47-31-29-36-17-13-15-27-45(36)49(47)50-46-28-16-14-18-37(46)30-32-48(50)51/h1-25,27-35,42H,26H2. The highest BCUT2D eigenvalue weighted by atomic mass is 31.2. The molecule has 1 heterocycles. The zero-order chi connectivity index (χ0) is 37.0. The van der Waals surface area contributed by atoms with Crippen molar-refractivity contribution in [2.45, 2.75) is 12.1 Å². The zero-order valence-corrected chi connectivity index (χ0v) is 31.9. The Morgan fingerprint density at radius 3 is 1.47 bits per heavy atom. The van der Waals surface area contributed by atoms with E-state index in [1.165, 1.54) is 21.5 Å². The van der Waals surface area contributed by atoms with Crippen molar-refractivity contribution in [3.05, 3.63) is 206 Å². The van der Waals surface area contributed by atoms with Crippen LogP contribution in [0.25, 0.3) is 49.0 Å². The predicted octanol–water partition coefficient (Wildman–Crippen LogP) is 10.9. The van der Waals surface area contributed by atoms with Crippen LogP contribution in [0.15, 0.2) is 206 Å². The molecule has 2 unspecified atom stereocenters. The number of benzene rings is 8. The van der Waals surface area contributed by atoms with Crippen molar-refractivity contribution in [2.75, 3.05) is 0 Å². The van der Waals surface area contributed by atoms with Crippen molar-refractivity contribution < 1.29 is 9.13 Å². The maximum absolute atomic E-state index is 16.3. The summed E-state index contributed by atoms with van der Waals surface area (Å²) in [6.45, 7) is 0. The number of fused-ring (bicyclic) bond motifs is 7. The van der Waals surface area contributed by atoms with Gasteiger partial charge in [-0.2, -0.15) is 0 Å². The van der Waals surface area contributed by atoms with Crippen LogP contribution in [-0.4, -0.2) is 10.2 Å². The van der Waals surface area contributed by atoms with Gasteiger partial charge in [0.1, 0.15) is 7.14 Å². The summed E-state index contributed by atoms with van der Waals surface area (Å²) in [5.41, 5.74) is 2.65. The molecule has 0 saturated heterocycles. The summed E-state index contributed by atoms with van der Waals surface area (Å²) in [6.07, 6.45) is 8.88. The first-order valence-corrected chi connectivity index (χ1v) is 22.2. The van der Waals surface area contributed by atoms with Gasteiger partial charge in [0.2, 0.25) is 0 Å². The highest BCUT2D eigenvalue weighted by Crippen LogP contribution is 2.53. The molecule has 0 bridgehead atoms. The lowest BCUT2D eigenvalue weighted by Gasteiger charge is -2.29. The molecule has 9 aromatic rings. The predicted molar refractivity (Wildman–Crippen MR) is 235 cm³/mol. The van der Waals surface area contributed by atoms with Gasteiger partial charge in [-0.05, 0) is 58.3 Å². The fourth-order valence-electron chi connectivity index (χ4n) is 8.65. The van der Waals surface area contributed by atoms with Crippen molar-refractivity contribution in [1.29, 1.82) is 0 Å². The molecule has 264 valence electrons. The van der Waals surface area contributed by atoms with Gasteiger partial charge in [-0.15, -0.1) is 0 Å². The van der Waals surface area contributed by atoms with Gasteiger partial charge in [0, 0.05) is 48.6 Å². The molecular weight excluding hydrogens is 709 g/mol. The Morgan fingerprint density at radius 1 is 0.455 bits per heavy atom. The van der Waals surface area contributed by atoms with Crippen molar-refractivity contribution in [3.8, 4) is 5.69 Å². The van der Waals surface area contributed by atoms with E-state index >= 15 is 9.13 Å². The van der Waals surface area contributed by atoms with Crippen LogP contribution in [0.4, 0.5) is 0 Å². The summed E-state index contributed by atoms with van der Waals surface area (Å²) in [6, 6.07) is 61.6. The van der Waals surface area contributed by atoms with E-state index in [0.717, 1.165) is 43.4 Å². The van der Waals surface area contributed by atoms with Gasteiger partial charge in [-0.3, -0.25) is 0 Å². The van der Waals surface area contributed by atoms with Crippen molar-refractivity contribution in [2.24, 2.45) is 0 Å². The van der Waals surface area contributed by atoms with Crippen LogP contribution in [0.5, 0.6) is 0 Å². The van der Waals surface area contributed by atoms with Gasteiger partial charge in [0.15, 0.2) is 7.14 Å². The van der Waals surface area contributed by atoms with Crippen molar-refractivity contribution >= 4 is 84.2 Å². The first-order chi connectivity index (χ1) is 27.0. The molecule has 1 aliphatic rings. The first kappa shape index (κ1) is 33.6. The molecule has 0 N–H and O–H groups in total. The molecule has 55 heavy (non-hydrogen) atoms. The molecule has 0 radical (unpaired) electrons. The SMILES string of the molecule is O=P(c1ccccc1)(c1ccccc1)c1cc(-n2c3ccc4ccccc4c3c3c4ccccc4ccc32)cc(P(=O)(c2ccccc2)C2C=CC=CC2)c1. The summed E-state index contributed by atoms with van der Waals surface area (Å²) < 4.78 is 34.9. The monoisotopic (exact) mass is 745 g/mol. The third-order valence-electron chi connectivity index (χ3n) is 11.2. The topological polar surface area (TPSA) is 39.1 Å². The van der Waals surface area contributed by atoms with Gasteiger partial charge >= 0.3 is 0 Å². The van der Waals surface area contributed by atoms with E-state index < -0.39 is 14.3 Å². The van der Waals surface area contributed by atoms with Gasteiger partial charge in [0.05, 0.1) is 11.0 Å². The Bertz CT molecular complexity index is 2940. The Balaban J connectivity index is 1.37. The normalized spacial score (nSPS) is 15.5. The lowest BCUT2D eigenvalue weighted by molar-refractivity contribution is 0.582. The highest BCUT2D eigenvalue weighted by molar-refractivity contribution is 7.85. The van der Waals surface area contributed by atoms with Crippen LogP contribution in [0.2, 0.25) is 0 Å². The van der Waals surface area contributed by atoms with Crippen LogP contribution in [0.3, 0.4) is 0 Å². The second kappa shape index (κ2) is 13.4. The van der Waals surface area contributed by atoms with Crippen molar-refractivity contribution in [3.63, 3.8) is 0 Å². The van der Waals surface area contributed by atoms with Crippen LogP contribution in [0.1, 0.15) is 6.42 Å². The lowest BCUT2D eigenvalue weighted by Crippen LogP contribution is -2.31. The Labute approximate surface area is 320 Å². The van der Waals surface area contributed by atoms with E-state index in [1.807, 2.05) is 109 Å². The second-order valence-corrected chi connectivity index (χ2v) is 20.1. The minimum atomic E-state index is -3.50. The van der Waals surface area contributed by atoms with E-state index in [4.69, 9.17) is 0 Å². The maximum atomic E-state index is 16.3. The van der Waals surface area contributed by atoms with E-state index in [2.05, 4.69) is 102 Å². The average molecular weight is 746 g/mol. The number of aromatic nitrogens is 1. The molecule has 5 heteroatoms. The average Bonchev–Trinajstić information content (AvgIpc) is 3.62. The van der Waals surface area contributed by atoms with E-state index in [-0.39, 0.29) is 5.66 Å². The molecule has 3 nitrogen and oxygen atoms in total. The summed E-state index contributed by atoms with van der Waals surface area (Å²) in [7, 11) is -6.88. The van der Waals surface area contributed by atoms with Crippen LogP contribution >= 0.6 is 14.3 Å². The minimum Gasteiger partial charge on any atom is -0.313 e. The third kappa shape index (κ3) is 5.34. The largest absolute Gasteiger partial charge is 0.313 e. The summed E-state index contributed by atoms with van der Waals surface area (Å²) in [5, 5.41) is 10.6. The molecule has 0 aliphatic heterocycles. The van der Waals surface area contributed by atoms with Crippen LogP contribution < -0.4 is 26.5 Å². The van der Waals surface area contributed by atoms with Gasteiger partial charge in [-0.25, -0.2) is 0 Å². The number of rotatable bonds is 7. The van der Waals surface area contributed by atoms with E-state index in [9.17, 15) is 0 Å². The minimum absolute atomic E-state index is 0.262. The first-order valence-electron chi connectivity index (χ1n) is 18.8. The summed E-state index contributed by atoms with van der Waals surface area (Å²) in [5.74, 6) is 0. The third-order valence-corrected chi connectivity index (χ3v) is 17.7. The molecule has 1 aromatic heterocycles. The van der Waals surface area contributed by atoms with E-state index in [0.29, 0.717) is 17.0 Å². The number of nitrogens with zero attached hydrogens (tertiary/aromatic N) is 1. The lowest BCUT2D eigenvalue weighted by atomic mass is 10.00. The summed E-state index contributed by atoms with van der Waals surface area (Å²) in [4.78, 5) is 0. The number of allylic oxidation sites excluding steroid dienone is 4. The quantitative estimate of drug-likeness (QED) is 0.152. The zero-order valence-electron chi connectivity index (χ0n) is 30.1. The fraction of sp³-hybridized carbons (Fsp3) is 0.0400. The summed E-state index contributed by atoms with van der Waals surface area (Å²) >= 11 is 0. The number of hydrogen-bond donors (Lipinski definition) is 0. The maximum Gasteiger partial charge on any atom is 0.171 e. The molecule has 0 saturated carbocycles. The van der Waals surface area contributed by atoms with Gasteiger partial charge in [-0.1, -0.05) is 176 Å². The van der Waals surface area contributed by atoms with Gasteiger partial charge in [0.25, 0.3) is 0 Å². The molecule has 1 aliphatic carbocycles. The Kier molecular flexibility index (Phi) is 8.18.